The normalized spacial score (nSPS) is 19.2. The average molecular weight is 449 g/mol. The quantitative estimate of drug-likeness (QED) is 0.520. The van der Waals surface area contributed by atoms with Crippen LogP contribution in [0.15, 0.2) is 40.1 Å². The van der Waals surface area contributed by atoms with Crippen LogP contribution in [0.5, 0.6) is 5.75 Å². The van der Waals surface area contributed by atoms with Gasteiger partial charge in [-0.3, -0.25) is 5.41 Å². The van der Waals surface area contributed by atoms with E-state index in [1.165, 1.54) is 25.0 Å². The zero-order chi connectivity index (χ0) is 23.1. The summed E-state index contributed by atoms with van der Waals surface area (Å²) in [7, 11) is 1.67. The monoisotopic (exact) mass is 448 g/mol. The van der Waals surface area contributed by atoms with E-state index in [1.807, 2.05) is 6.07 Å². The lowest BCUT2D eigenvalue weighted by atomic mass is 9.92. The first kappa shape index (κ1) is 21.1. The van der Waals surface area contributed by atoms with Crippen molar-refractivity contribution in [3.63, 3.8) is 0 Å². The standard InChI is InChI=1S/C24H25FN6O2/c1-12-17-9-15(25)5-6-16(17)23(26)19(30-28-2)10-20-22(18(31-33-20)7-13-3-4-13)14-8-21(32-12)24(27)29-11-14/h5-6,8-9,11-13,26,28H,3-4,7,10H2,1-2H3,(H2,27,29)/b26-23?,30-19-/t12-/m1/s1. The van der Waals surface area contributed by atoms with Crippen molar-refractivity contribution in [1.82, 2.24) is 15.6 Å². The van der Waals surface area contributed by atoms with Gasteiger partial charge < -0.3 is 20.4 Å². The van der Waals surface area contributed by atoms with Gasteiger partial charge in [0.2, 0.25) is 0 Å². The number of nitrogens with one attached hydrogen (secondary N) is 2. The van der Waals surface area contributed by atoms with E-state index in [0.717, 1.165) is 23.2 Å². The molecule has 0 amide bonds. The number of hydrogen-bond donors (Lipinski definition) is 3. The number of hydrogen-bond acceptors (Lipinski definition) is 8. The van der Waals surface area contributed by atoms with Gasteiger partial charge in [-0.1, -0.05) is 5.16 Å². The van der Waals surface area contributed by atoms with E-state index in [2.05, 4.69) is 20.7 Å². The topological polar surface area (TPSA) is 122 Å². The number of nitrogen functional groups attached to an aromatic ring is 1. The number of anilines is 1. The first-order valence-electron chi connectivity index (χ1n) is 11.0. The number of ether oxygens (including phenoxy) is 1. The predicted molar refractivity (Wildman–Crippen MR) is 123 cm³/mol. The molecule has 3 heterocycles. The lowest BCUT2D eigenvalue weighted by Gasteiger charge is -2.21. The van der Waals surface area contributed by atoms with E-state index in [0.29, 0.717) is 34.3 Å². The Labute approximate surface area is 190 Å². The molecule has 2 aliphatic rings. The molecular formula is C24H25FN6O2. The summed E-state index contributed by atoms with van der Waals surface area (Å²) in [4.78, 5) is 4.35. The van der Waals surface area contributed by atoms with Crippen LogP contribution in [0, 0.1) is 17.1 Å². The molecule has 0 unspecified atom stereocenters. The molecule has 1 aliphatic heterocycles. The van der Waals surface area contributed by atoms with Gasteiger partial charge in [0.25, 0.3) is 0 Å². The van der Waals surface area contributed by atoms with E-state index in [-0.39, 0.29) is 18.0 Å². The fourth-order valence-corrected chi connectivity index (χ4v) is 4.21. The van der Waals surface area contributed by atoms with Crippen molar-refractivity contribution in [3.8, 4) is 16.9 Å². The van der Waals surface area contributed by atoms with Gasteiger partial charge >= 0.3 is 0 Å². The van der Waals surface area contributed by atoms with Crippen molar-refractivity contribution in [3.05, 3.63) is 58.9 Å². The highest BCUT2D eigenvalue weighted by molar-refractivity contribution is 6.47. The smallest absolute Gasteiger partial charge is 0.166 e. The maximum Gasteiger partial charge on any atom is 0.166 e. The summed E-state index contributed by atoms with van der Waals surface area (Å²) in [6.45, 7) is 1.79. The van der Waals surface area contributed by atoms with Gasteiger partial charge in [-0.2, -0.15) is 5.10 Å². The van der Waals surface area contributed by atoms with Gasteiger partial charge in [0.05, 0.1) is 23.5 Å². The summed E-state index contributed by atoms with van der Waals surface area (Å²) in [5, 5.41) is 17.6. The van der Waals surface area contributed by atoms with Gasteiger partial charge in [-0.05, 0) is 56.4 Å². The van der Waals surface area contributed by atoms with E-state index < -0.39 is 11.9 Å². The summed E-state index contributed by atoms with van der Waals surface area (Å²) < 4.78 is 26.1. The molecule has 1 atom stereocenters. The Morgan fingerprint density at radius 3 is 2.88 bits per heavy atom. The Morgan fingerprint density at radius 1 is 1.30 bits per heavy atom. The third kappa shape index (κ3) is 4.06. The van der Waals surface area contributed by atoms with Gasteiger partial charge in [-0.15, -0.1) is 0 Å². The molecule has 1 saturated carbocycles. The van der Waals surface area contributed by atoms with Crippen LogP contribution in [0.3, 0.4) is 0 Å². The van der Waals surface area contributed by atoms with Crippen LogP contribution in [0.1, 0.15) is 48.5 Å². The molecule has 9 heteroatoms. The Hall–Kier alpha value is -3.75. The van der Waals surface area contributed by atoms with Gasteiger partial charge in [0, 0.05) is 35.5 Å². The fraction of sp³-hybridized carbons (Fsp3) is 0.333. The Bertz CT molecular complexity index is 1260. The van der Waals surface area contributed by atoms with E-state index in [9.17, 15) is 4.39 Å². The molecule has 1 fully saturated rings. The van der Waals surface area contributed by atoms with E-state index in [1.54, 1.807) is 26.2 Å². The second-order valence-corrected chi connectivity index (χ2v) is 8.51. The highest BCUT2D eigenvalue weighted by atomic mass is 19.1. The molecular weight excluding hydrogens is 423 g/mol. The molecule has 4 N–H and O–H groups in total. The van der Waals surface area contributed by atoms with Crippen LogP contribution in [0.25, 0.3) is 11.1 Å². The van der Waals surface area contributed by atoms with Crippen LogP contribution >= 0.6 is 0 Å². The number of halogens is 1. The maximum absolute atomic E-state index is 14.2. The largest absolute Gasteiger partial charge is 0.482 e. The van der Waals surface area contributed by atoms with Gasteiger partial charge in [-0.25, -0.2) is 9.37 Å². The molecule has 0 radical (unpaired) electrons. The molecule has 0 spiro atoms. The second kappa shape index (κ2) is 8.31. The second-order valence-electron chi connectivity index (χ2n) is 8.51. The van der Waals surface area contributed by atoms with Crippen molar-refractivity contribution >= 4 is 17.2 Å². The van der Waals surface area contributed by atoms with Crippen molar-refractivity contribution in [2.24, 2.45) is 11.0 Å². The van der Waals surface area contributed by atoms with Crippen molar-refractivity contribution in [2.75, 3.05) is 12.8 Å². The zero-order valence-electron chi connectivity index (χ0n) is 18.5. The molecule has 3 aromatic rings. The van der Waals surface area contributed by atoms with E-state index in [4.69, 9.17) is 20.4 Å². The number of rotatable bonds is 3. The summed E-state index contributed by atoms with van der Waals surface area (Å²) in [6.07, 6.45) is 4.50. The van der Waals surface area contributed by atoms with Crippen LogP contribution in [-0.4, -0.2) is 28.6 Å². The first-order valence-corrected chi connectivity index (χ1v) is 11.0. The number of pyridine rings is 1. The van der Waals surface area contributed by atoms with Gasteiger partial charge in [0.15, 0.2) is 17.3 Å². The minimum Gasteiger partial charge on any atom is -0.482 e. The van der Waals surface area contributed by atoms with Crippen LogP contribution in [0.2, 0.25) is 0 Å². The zero-order valence-corrected chi connectivity index (χ0v) is 18.5. The third-order valence-corrected chi connectivity index (χ3v) is 6.07. The molecule has 1 aromatic carbocycles. The predicted octanol–water partition coefficient (Wildman–Crippen LogP) is 4.05. The molecule has 8 nitrogen and oxygen atoms in total. The minimum atomic E-state index is -0.585. The molecule has 1 aliphatic carbocycles. The average Bonchev–Trinajstić information content (AvgIpc) is 3.53. The number of nitrogens with zero attached hydrogens (tertiary/aromatic N) is 3. The highest BCUT2D eigenvalue weighted by Gasteiger charge is 2.30. The molecule has 0 saturated heterocycles. The summed E-state index contributed by atoms with van der Waals surface area (Å²) in [6, 6.07) is 6.10. The summed E-state index contributed by atoms with van der Waals surface area (Å²) in [5.41, 5.74) is 13.0. The number of fused-ring (bicyclic) bond motifs is 5. The molecule has 33 heavy (non-hydrogen) atoms. The van der Waals surface area contributed by atoms with Crippen LogP contribution in [-0.2, 0) is 12.8 Å². The molecule has 2 aromatic heterocycles. The SMILES string of the molecule is CN/N=C1/Cc2onc(CC3CC3)c2-c2cnc(N)c(c2)O[C@H](C)c2cc(F)ccc2C1=N. The third-order valence-electron chi connectivity index (χ3n) is 6.07. The summed E-state index contributed by atoms with van der Waals surface area (Å²) in [5.74, 6) is 1.38. The maximum atomic E-state index is 14.2. The lowest BCUT2D eigenvalue weighted by Crippen LogP contribution is -2.23. The van der Waals surface area contributed by atoms with Crippen LogP contribution < -0.4 is 15.9 Å². The number of aromatic nitrogens is 2. The molecule has 5 rings (SSSR count). The highest BCUT2D eigenvalue weighted by Crippen LogP contribution is 2.39. The summed E-state index contributed by atoms with van der Waals surface area (Å²) >= 11 is 0. The van der Waals surface area contributed by atoms with E-state index >= 15 is 0 Å². The van der Waals surface area contributed by atoms with Crippen molar-refractivity contribution in [2.45, 2.75) is 38.7 Å². The van der Waals surface area contributed by atoms with Crippen molar-refractivity contribution < 1.29 is 13.7 Å². The number of nitrogens with two attached hydrogens (primary N) is 1. The lowest BCUT2D eigenvalue weighted by molar-refractivity contribution is 0.227. The molecule has 170 valence electrons. The van der Waals surface area contributed by atoms with Crippen LogP contribution in [0.4, 0.5) is 10.2 Å². The number of hydrazone groups is 1. The Morgan fingerprint density at radius 2 is 2.12 bits per heavy atom. The first-order chi connectivity index (χ1) is 15.9. The van der Waals surface area contributed by atoms with Gasteiger partial charge in [0.1, 0.15) is 11.9 Å². The number of benzene rings is 1. The minimum absolute atomic E-state index is 0.149. The Balaban J connectivity index is 1.72. The Kier molecular flexibility index (Phi) is 5.32. The van der Waals surface area contributed by atoms with Crippen molar-refractivity contribution in [1.29, 1.82) is 5.41 Å². The fourth-order valence-electron chi connectivity index (χ4n) is 4.21. The molecule has 2 bridgehead atoms.